The molecule has 0 aliphatic heterocycles. The van der Waals surface area contributed by atoms with E-state index in [0.29, 0.717) is 0 Å². The molecule has 48 valence electrons. The zero-order chi connectivity index (χ0) is 6.41. The summed E-state index contributed by atoms with van der Waals surface area (Å²) in [7, 11) is 0.180. The standard InChI is InChI=1S/C7H15P/c1-4-6-7-8(3)5-2/h5H,2,4,6-7H2,1,3H3. The minimum atomic E-state index is 0.180. The maximum atomic E-state index is 3.74. The fourth-order valence-corrected chi connectivity index (χ4v) is 1.50. The highest BCUT2D eigenvalue weighted by atomic mass is 31.1. The smallest absolute Gasteiger partial charge is 0.0294 e. The van der Waals surface area contributed by atoms with Crippen LogP contribution >= 0.6 is 7.92 Å². The number of rotatable bonds is 4. The minimum Gasteiger partial charge on any atom is -0.0986 e. The highest BCUT2D eigenvalue weighted by Gasteiger charge is 1.90. The lowest BCUT2D eigenvalue weighted by Crippen LogP contribution is -1.77. The Bertz CT molecular complexity index is 59.4. The SMILES string of the molecule is C=CP(C)CCCC. The van der Waals surface area contributed by atoms with Gasteiger partial charge in [0.05, 0.1) is 0 Å². The van der Waals surface area contributed by atoms with E-state index in [1.165, 1.54) is 19.0 Å². The summed E-state index contributed by atoms with van der Waals surface area (Å²) < 4.78 is 0. The summed E-state index contributed by atoms with van der Waals surface area (Å²) in [6.45, 7) is 8.25. The molecule has 1 heteroatoms. The molecule has 0 aliphatic rings. The van der Waals surface area contributed by atoms with Gasteiger partial charge in [-0.1, -0.05) is 33.7 Å². The van der Waals surface area contributed by atoms with Gasteiger partial charge in [0.25, 0.3) is 0 Å². The average molecular weight is 130 g/mol. The lowest BCUT2D eigenvalue weighted by atomic mass is 10.4. The maximum absolute atomic E-state index is 3.74. The third-order valence-corrected chi connectivity index (χ3v) is 2.82. The topological polar surface area (TPSA) is 0 Å². The van der Waals surface area contributed by atoms with Crippen LogP contribution in [0, 0.1) is 0 Å². The Balaban J connectivity index is 2.98. The van der Waals surface area contributed by atoms with E-state index in [2.05, 4.69) is 26.0 Å². The second-order valence-electron chi connectivity index (χ2n) is 2.02. The van der Waals surface area contributed by atoms with E-state index >= 15 is 0 Å². The molecule has 0 saturated carbocycles. The highest BCUT2D eigenvalue weighted by Crippen LogP contribution is 2.31. The Morgan fingerprint density at radius 1 is 1.62 bits per heavy atom. The molecule has 0 spiro atoms. The minimum absolute atomic E-state index is 0.180. The van der Waals surface area contributed by atoms with Gasteiger partial charge in [-0.05, 0) is 19.2 Å². The molecule has 0 aromatic heterocycles. The number of hydrogen-bond acceptors (Lipinski definition) is 0. The van der Waals surface area contributed by atoms with Crippen LogP contribution in [0.2, 0.25) is 0 Å². The van der Waals surface area contributed by atoms with Crippen LogP contribution in [0.25, 0.3) is 0 Å². The van der Waals surface area contributed by atoms with Gasteiger partial charge in [0, 0.05) is 0 Å². The second kappa shape index (κ2) is 5.31. The Morgan fingerprint density at radius 2 is 2.25 bits per heavy atom. The number of hydrogen-bond donors (Lipinski definition) is 0. The van der Waals surface area contributed by atoms with E-state index in [1.807, 2.05) is 0 Å². The van der Waals surface area contributed by atoms with E-state index in [4.69, 9.17) is 0 Å². The van der Waals surface area contributed by atoms with Crippen LogP contribution in [-0.4, -0.2) is 12.8 Å². The number of unbranched alkanes of at least 4 members (excludes halogenated alkanes) is 1. The van der Waals surface area contributed by atoms with Crippen LogP contribution in [0.3, 0.4) is 0 Å². The van der Waals surface area contributed by atoms with Gasteiger partial charge in [-0.15, -0.1) is 0 Å². The average Bonchev–Trinajstić information content (AvgIpc) is 1.83. The zero-order valence-electron chi connectivity index (χ0n) is 5.85. The Kier molecular flexibility index (Phi) is 5.42. The van der Waals surface area contributed by atoms with Gasteiger partial charge in [-0.25, -0.2) is 0 Å². The summed E-state index contributed by atoms with van der Waals surface area (Å²) in [6.07, 6.45) is 4.06. The highest BCUT2D eigenvalue weighted by molar-refractivity contribution is 7.60. The molecule has 0 nitrogen and oxygen atoms in total. The van der Waals surface area contributed by atoms with Gasteiger partial charge >= 0.3 is 0 Å². The first kappa shape index (κ1) is 8.17. The third kappa shape index (κ3) is 4.33. The zero-order valence-corrected chi connectivity index (χ0v) is 6.75. The van der Waals surface area contributed by atoms with Crippen molar-refractivity contribution in [3.8, 4) is 0 Å². The van der Waals surface area contributed by atoms with Crippen molar-refractivity contribution in [1.29, 1.82) is 0 Å². The van der Waals surface area contributed by atoms with Crippen molar-refractivity contribution in [2.75, 3.05) is 12.8 Å². The van der Waals surface area contributed by atoms with Crippen molar-refractivity contribution in [3.05, 3.63) is 12.4 Å². The molecule has 0 bridgehead atoms. The first-order valence-electron chi connectivity index (χ1n) is 3.14. The second-order valence-corrected chi connectivity index (χ2v) is 4.34. The monoisotopic (exact) mass is 130 g/mol. The fourth-order valence-electron chi connectivity index (χ4n) is 0.499. The summed E-state index contributed by atoms with van der Waals surface area (Å²) in [5, 5.41) is 0. The van der Waals surface area contributed by atoms with Gasteiger partial charge in [-0.2, -0.15) is 0 Å². The van der Waals surface area contributed by atoms with Crippen LogP contribution < -0.4 is 0 Å². The molecule has 0 aromatic rings. The van der Waals surface area contributed by atoms with Gasteiger partial charge < -0.3 is 0 Å². The van der Waals surface area contributed by atoms with Crippen LogP contribution in [0.4, 0.5) is 0 Å². The Morgan fingerprint density at radius 3 is 2.62 bits per heavy atom. The first-order valence-corrected chi connectivity index (χ1v) is 5.18. The lowest BCUT2D eigenvalue weighted by Gasteiger charge is -2.02. The van der Waals surface area contributed by atoms with Crippen molar-refractivity contribution in [2.45, 2.75) is 19.8 Å². The van der Waals surface area contributed by atoms with Crippen molar-refractivity contribution in [1.82, 2.24) is 0 Å². The maximum Gasteiger partial charge on any atom is -0.0294 e. The predicted molar refractivity (Wildman–Crippen MR) is 42.8 cm³/mol. The molecule has 8 heavy (non-hydrogen) atoms. The molecule has 1 unspecified atom stereocenters. The van der Waals surface area contributed by atoms with Crippen LogP contribution in [0.5, 0.6) is 0 Å². The fraction of sp³-hybridized carbons (Fsp3) is 0.714. The largest absolute Gasteiger partial charge is 0.0986 e. The summed E-state index contributed by atoms with van der Waals surface area (Å²) in [5.74, 6) is 2.09. The van der Waals surface area contributed by atoms with E-state index in [0.717, 1.165) is 0 Å². The van der Waals surface area contributed by atoms with Crippen molar-refractivity contribution < 1.29 is 0 Å². The van der Waals surface area contributed by atoms with Gasteiger partial charge in [-0.3, -0.25) is 0 Å². The quantitative estimate of drug-likeness (QED) is 0.513. The summed E-state index contributed by atoms with van der Waals surface area (Å²) in [4.78, 5) is 0. The first-order chi connectivity index (χ1) is 3.81. The van der Waals surface area contributed by atoms with E-state index in [1.54, 1.807) is 0 Å². The van der Waals surface area contributed by atoms with E-state index in [-0.39, 0.29) is 7.92 Å². The molecule has 0 fully saturated rings. The lowest BCUT2D eigenvalue weighted by molar-refractivity contribution is 0.893. The molecule has 0 aliphatic carbocycles. The molecule has 0 heterocycles. The Hall–Kier alpha value is 0.170. The van der Waals surface area contributed by atoms with E-state index < -0.39 is 0 Å². The van der Waals surface area contributed by atoms with Crippen LogP contribution in [0.1, 0.15) is 19.8 Å². The molecule has 0 radical (unpaired) electrons. The molecule has 0 amide bonds. The van der Waals surface area contributed by atoms with Crippen LogP contribution in [-0.2, 0) is 0 Å². The normalized spacial score (nSPS) is 13.2. The predicted octanol–water partition coefficient (Wildman–Crippen LogP) is 3.04. The Labute approximate surface area is 53.7 Å². The molecule has 0 N–H and O–H groups in total. The summed E-state index contributed by atoms with van der Waals surface area (Å²) in [5.41, 5.74) is 0. The van der Waals surface area contributed by atoms with Gasteiger partial charge in [0.2, 0.25) is 0 Å². The summed E-state index contributed by atoms with van der Waals surface area (Å²) in [6, 6.07) is 0. The van der Waals surface area contributed by atoms with Crippen molar-refractivity contribution in [2.24, 2.45) is 0 Å². The van der Waals surface area contributed by atoms with Crippen LogP contribution in [0.15, 0.2) is 12.4 Å². The molecular weight excluding hydrogens is 115 g/mol. The molecule has 0 aromatic carbocycles. The van der Waals surface area contributed by atoms with Gasteiger partial charge in [0.15, 0.2) is 0 Å². The third-order valence-electron chi connectivity index (χ3n) is 1.18. The van der Waals surface area contributed by atoms with Crippen molar-refractivity contribution >= 4 is 7.92 Å². The molecular formula is C7H15P. The van der Waals surface area contributed by atoms with E-state index in [9.17, 15) is 0 Å². The summed E-state index contributed by atoms with van der Waals surface area (Å²) >= 11 is 0. The van der Waals surface area contributed by atoms with Crippen molar-refractivity contribution in [3.63, 3.8) is 0 Å². The molecule has 0 saturated heterocycles. The van der Waals surface area contributed by atoms with Gasteiger partial charge in [0.1, 0.15) is 0 Å². The molecule has 1 atom stereocenters. The molecule has 0 rings (SSSR count).